The number of primary amides is 1. The quantitative estimate of drug-likeness (QED) is 0.425. The van der Waals surface area contributed by atoms with Crippen molar-refractivity contribution >= 4 is 38.4 Å². The van der Waals surface area contributed by atoms with Gasteiger partial charge in [-0.05, 0) is 55.8 Å². The summed E-state index contributed by atoms with van der Waals surface area (Å²) in [5.41, 5.74) is 7.43. The zero-order chi connectivity index (χ0) is 25.6. The van der Waals surface area contributed by atoms with Gasteiger partial charge in [-0.15, -0.1) is 0 Å². The van der Waals surface area contributed by atoms with E-state index in [4.69, 9.17) is 5.73 Å². The summed E-state index contributed by atoms with van der Waals surface area (Å²) < 4.78 is 40.5. The number of pyridine rings is 1. The van der Waals surface area contributed by atoms with Crippen LogP contribution in [0.1, 0.15) is 38.9 Å². The number of benzene rings is 2. The van der Waals surface area contributed by atoms with E-state index in [1.807, 2.05) is 0 Å². The Bertz CT molecular complexity index is 1630. The molecule has 3 heterocycles. The molecule has 1 atom stereocenters. The first kappa shape index (κ1) is 23.6. The van der Waals surface area contributed by atoms with Crippen LogP contribution in [0.5, 0.6) is 0 Å². The number of carbonyl (C=O) groups is 2. The van der Waals surface area contributed by atoms with Crippen molar-refractivity contribution in [1.82, 2.24) is 14.8 Å². The van der Waals surface area contributed by atoms with Gasteiger partial charge < -0.3 is 11.1 Å². The van der Waals surface area contributed by atoms with Gasteiger partial charge in [0.2, 0.25) is 5.91 Å². The number of nitrogens with zero attached hydrogens (tertiary/aromatic N) is 3. The van der Waals surface area contributed by atoms with Crippen LogP contribution in [0.2, 0.25) is 0 Å². The molecule has 2 amide bonds. The van der Waals surface area contributed by atoms with Crippen LogP contribution in [0.25, 0.3) is 22.3 Å². The van der Waals surface area contributed by atoms with Crippen molar-refractivity contribution in [3.05, 3.63) is 77.2 Å². The van der Waals surface area contributed by atoms with Crippen molar-refractivity contribution in [1.29, 1.82) is 0 Å². The molecule has 9 nitrogen and oxygen atoms in total. The van der Waals surface area contributed by atoms with E-state index in [0.29, 0.717) is 34.4 Å². The minimum Gasteiger partial charge on any atom is -0.366 e. The third-order valence-electron chi connectivity index (χ3n) is 6.21. The summed E-state index contributed by atoms with van der Waals surface area (Å²) in [4.78, 5) is 29.4. The third-order valence-corrected chi connectivity index (χ3v) is 7.96. The van der Waals surface area contributed by atoms with Crippen molar-refractivity contribution in [2.75, 3.05) is 16.8 Å². The van der Waals surface area contributed by atoms with Crippen LogP contribution in [0, 0.1) is 12.7 Å². The molecule has 0 radical (unpaired) electrons. The number of rotatable bonds is 5. The van der Waals surface area contributed by atoms with E-state index in [1.165, 1.54) is 28.9 Å². The molecule has 1 aliphatic rings. The Morgan fingerprint density at radius 3 is 2.50 bits per heavy atom. The fourth-order valence-corrected chi connectivity index (χ4v) is 6.13. The third kappa shape index (κ3) is 4.33. The summed E-state index contributed by atoms with van der Waals surface area (Å²) >= 11 is 0. The molecule has 1 aliphatic heterocycles. The molecule has 1 fully saturated rings. The number of hydrogen-bond donors (Lipinski definition) is 2. The second-order valence-electron chi connectivity index (χ2n) is 8.72. The molecule has 3 N–H and O–H groups in total. The Labute approximate surface area is 206 Å². The maximum Gasteiger partial charge on any atom is 0.256 e. The molecular weight excluding hydrogens is 485 g/mol. The number of aryl methyl sites for hydroxylation is 1. The van der Waals surface area contributed by atoms with Gasteiger partial charge in [0.25, 0.3) is 5.91 Å². The number of carbonyl (C=O) groups excluding carboxylic acids is 2. The van der Waals surface area contributed by atoms with E-state index in [2.05, 4.69) is 15.4 Å². The van der Waals surface area contributed by atoms with Crippen molar-refractivity contribution in [3.8, 4) is 11.3 Å². The highest BCUT2D eigenvalue weighted by atomic mass is 32.2. The zero-order valence-electron chi connectivity index (χ0n) is 19.2. The van der Waals surface area contributed by atoms with Crippen LogP contribution in [0.4, 0.5) is 10.1 Å². The van der Waals surface area contributed by atoms with Crippen LogP contribution < -0.4 is 11.1 Å². The predicted octanol–water partition coefficient (Wildman–Crippen LogP) is 3.26. The van der Waals surface area contributed by atoms with E-state index in [1.54, 1.807) is 37.3 Å². The Hall–Kier alpha value is -4.12. The normalized spacial score (nSPS) is 16.8. The van der Waals surface area contributed by atoms with Crippen LogP contribution in [0.3, 0.4) is 0 Å². The Kier molecular flexibility index (Phi) is 5.79. The van der Waals surface area contributed by atoms with E-state index in [0.717, 1.165) is 0 Å². The number of amides is 2. The molecular formula is C25H22FN5O4S. The van der Waals surface area contributed by atoms with E-state index < -0.39 is 33.5 Å². The second-order valence-corrected chi connectivity index (χ2v) is 10.9. The lowest BCUT2D eigenvalue weighted by Gasteiger charge is -2.13. The molecule has 5 rings (SSSR count). The lowest BCUT2D eigenvalue weighted by molar-refractivity contribution is 0.0998. The van der Waals surface area contributed by atoms with Crippen molar-refractivity contribution in [2.24, 2.45) is 5.73 Å². The van der Waals surface area contributed by atoms with E-state index >= 15 is 0 Å². The summed E-state index contributed by atoms with van der Waals surface area (Å²) in [6, 6.07) is 13.2. The van der Waals surface area contributed by atoms with Crippen molar-refractivity contribution < 1.29 is 22.4 Å². The Morgan fingerprint density at radius 2 is 1.86 bits per heavy atom. The minimum atomic E-state index is -3.21. The SMILES string of the molecule is Cc1nn(C2CCS(=O)(=O)C2)c2nc(-c3ccccc3F)cc(C(=O)Nc3ccc(C(N)=O)cc3)c12. The first-order valence-electron chi connectivity index (χ1n) is 11.2. The summed E-state index contributed by atoms with van der Waals surface area (Å²) in [5, 5.41) is 7.77. The largest absolute Gasteiger partial charge is 0.366 e. The molecule has 2 aromatic carbocycles. The van der Waals surface area contributed by atoms with Crippen molar-refractivity contribution in [3.63, 3.8) is 0 Å². The molecule has 2 aromatic heterocycles. The lowest BCUT2D eigenvalue weighted by Crippen LogP contribution is -2.15. The maximum absolute atomic E-state index is 14.7. The van der Waals surface area contributed by atoms with Gasteiger partial charge in [-0.2, -0.15) is 5.10 Å². The highest BCUT2D eigenvalue weighted by molar-refractivity contribution is 7.91. The summed E-state index contributed by atoms with van der Waals surface area (Å²) in [6.45, 7) is 1.71. The number of aromatic nitrogens is 3. The van der Waals surface area contributed by atoms with Crippen LogP contribution >= 0.6 is 0 Å². The first-order chi connectivity index (χ1) is 17.1. The molecule has 0 saturated carbocycles. The van der Waals surface area contributed by atoms with E-state index in [-0.39, 0.29) is 28.3 Å². The number of halogens is 1. The standard InChI is InChI=1S/C25H22FN5O4S/c1-14-22-19(25(33)28-16-8-6-15(7-9-16)23(27)32)12-21(18-4-2-3-5-20(18)26)29-24(22)31(30-14)17-10-11-36(34,35)13-17/h2-9,12,17H,10-11,13H2,1H3,(H2,27,32)(H,28,33). The highest BCUT2D eigenvalue weighted by Gasteiger charge is 2.32. The molecule has 0 bridgehead atoms. The van der Waals surface area contributed by atoms with Gasteiger partial charge in [0.05, 0.1) is 39.9 Å². The topological polar surface area (TPSA) is 137 Å². The molecule has 4 aromatic rings. The summed E-state index contributed by atoms with van der Waals surface area (Å²) in [5.74, 6) is -1.63. The number of sulfone groups is 1. The van der Waals surface area contributed by atoms with Gasteiger partial charge in [-0.25, -0.2) is 22.5 Å². The number of nitrogens with two attached hydrogens (primary N) is 1. The van der Waals surface area contributed by atoms with Crippen LogP contribution in [-0.2, 0) is 9.84 Å². The molecule has 11 heteroatoms. The fourth-order valence-electron chi connectivity index (χ4n) is 4.44. The molecule has 0 aliphatic carbocycles. The summed E-state index contributed by atoms with van der Waals surface area (Å²) in [6.07, 6.45) is 0.373. The Morgan fingerprint density at radius 1 is 1.14 bits per heavy atom. The van der Waals surface area contributed by atoms with Gasteiger partial charge in [0.15, 0.2) is 15.5 Å². The molecule has 0 spiro atoms. The van der Waals surface area contributed by atoms with Gasteiger partial charge in [0.1, 0.15) is 5.82 Å². The predicted molar refractivity (Wildman–Crippen MR) is 133 cm³/mol. The van der Waals surface area contributed by atoms with Crippen molar-refractivity contribution in [2.45, 2.75) is 19.4 Å². The average Bonchev–Trinajstić information content (AvgIpc) is 3.37. The number of fused-ring (bicyclic) bond motifs is 1. The second kappa shape index (κ2) is 8.83. The smallest absolute Gasteiger partial charge is 0.256 e. The lowest BCUT2D eigenvalue weighted by atomic mass is 10.0. The van der Waals surface area contributed by atoms with Gasteiger partial charge >= 0.3 is 0 Å². The Balaban J connectivity index is 1.65. The number of hydrogen-bond acceptors (Lipinski definition) is 6. The van der Waals surface area contributed by atoms with Crippen LogP contribution in [-0.4, -0.2) is 46.5 Å². The highest BCUT2D eigenvalue weighted by Crippen LogP contribution is 2.33. The van der Waals surface area contributed by atoms with Crippen LogP contribution in [0.15, 0.2) is 54.6 Å². The summed E-state index contributed by atoms with van der Waals surface area (Å²) in [7, 11) is -3.21. The molecule has 1 unspecified atom stereocenters. The fraction of sp³-hybridized carbons (Fsp3) is 0.200. The number of anilines is 1. The van der Waals surface area contributed by atoms with Gasteiger partial charge in [-0.3, -0.25) is 9.59 Å². The minimum absolute atomic E-state index is 0.0414. The molecule has 36 heavy (non-hydrogen) atoms. The van der Waals surface area contributed by atoms with E-state index in [9.17, 15) is 22.4 Å². The average molecular weight is 508 g/mol. The zero-order valence-corrected chi connectivity index (χ0v) is 20.0. The maximum atomic E-state index is 14.7. The monoisotopic (exact) mass is 507 g/mol. The number of nitrogens with one attached hydrogen (secondary N) is 1. The van der Waals surface area contributed by atoms with Gasteiger partial charge in [-0.1, -0.05) is 12.1 Å². The molecule has 1 saturated heterocycles. The first-order valence-corrected chi connectivity index (χ1v) is 13.0. The van der Waals surface area contributed by atoms with Gasteiger partial charge in [0, 0.05) is 16.8 Å². The molecule has 184 valence electrons.